The van der Waals surface area contributed by atoms with E-state index in [-0.39, 0.29) is 17.8 Å². The van der Waals surface area contributed by atoms with Crippen molar-refractivity contribution in [2.45, 2.75) is 23.8 Å². The zero-order chi connectivity index (χ0) is 13.0. The molecule has 1 aromatic carbocycles. The van der Waals surface area contributed by atoms with Crippen molar-refractivity contribution in [3.8, 4) is 0 Å². The van der Waals surface area contributed by atoms with Crippen molar-refractivity contribution < 1.29 is 14.3 Å². The normalized spacial score (nSPS) is 19.2. The Morgan fingerprint density at radius 3 is 2.78 bits per heavy atom. The van der Waals surface area contributed by atoms with Crippen molar-refractivity contribution >= 4 is 17.7 Å². The summed E-state index contributed by atoms with van der Waals surface area (Å²) in [5, 5.41) is 9.34. The van der Waals surface area contributed by atoms with Gasteiger partial charge in [-0.3, -0.25) is 4.79 Å². The molecule has 0 bridgehead atoms. The number of aliphatic hydroxyl groups is 1. The number of rotatable bonds is 4. The highest BCUT2D eigenvalue weighted by Crippen LogP contribution is 2.20. The van der Waals surface area contributed by atoms with Gasteiger partial charge in [-0.05, 0) is 30.7 Å². The Morgan fingerprint density at radius 2 is 2.17 bits per heavy atom. The van der Waals surface area contributed by atoms with E-state index in [0.717, 1.165) is 4.90 Å². The van der Waals surface area contributed by atoms with Crippen LogP contribution in [0.15, 0.2) is 29.2 Å². The summed E-state index contributed by atoms with van der Waals surface area (Å²) in [6.45, 7) is 1.11. The van der Waals surface area contributed by atoms with Crippen LogP contribution in [0, 0.1) is 5.82 Å². The largest absolute Gasteiger partial charge is 0.391 e. The first-order chi connectivity index (χ1) is 8.65. The van der Waals surface area contributed by atoms with Gasteiger partial charge in [-0.1, -0.05) is 0 Å². The van der Waals surface area contributed by atoms with Crippen LogP contribution in [0.25, 0.3) is 0 Å². The number of likely N-dealkylation sites (tertiary alicyclic amines) is 1. The highest BCUT2D eigenvalue weighted by Gasteiger charge is 2.23. The molecule has 1 aliphatic rings. The Morgan fingerprint density at radius 1 is 1.44 bits per heavy atom. The van der Waals surface area contributed by atoms with Crippen LogP contribution >= 0.6 is 11.8 Å². The van der Waals surface area contributed by atoms with Gasteiger partial charge >= 0.3 is 0 Å². The second-order valence-electron chi connectivity index (χ2n) is 4.33. The number of thioether (sulfide) groups is 1. The average Bonchev–Trinajstić information content (AvgIpc) is 2.78. The average molecular weight is 269 g/mol. The fraction of sp³-hybridized carbons (Fsp3) is 0.462. The van der Waals surface area contributed by atoms with Crippen LogP contribution in [-0.2, 0) is 4.79 Å². The third kappa shape index (κ3) is 3.71. The summed E-state index contributed by atoms with van der Waals surface area (Å²) >= 11 is 1.54. The third-order valence-corrected chi connectivity index (χ3v) is 3.93. The molecule has 2 rings (SSSR count). The highest BCUT2D eigenvalue weighted by atomic mass is 32.2. The molecule has 1 fully saturated rings. The second kappa shape index (κ2) is 6.20. The number of aliphatic hydroxyl groups excluding tert-OH is 1. The number of β-amino-alcohol motifs (C(OH)–C–C–N with tert-alkyl or cyclic N) is 1. The first kappa shape index (κ1) is 13.4. The quantitative estimate of drug-likeness (QED) is 0.849. The molecular weight excluding hydrogens is 253 g/mol. The summed E-state index contributed by atoms with van der Waals surface area (Å²) in [6, 6.07) is 6.26. The fourth-order valence-corrected chi connectivity index (χ4v) is 2.75. The minimum absolute atomic E-state index is 0.0844. The molecule has 1 aromatic rings. The minimum Gasteiger partial charge on any atom is -0.391 e. The molecule has 3 nitrogen and oxygen atoms in total. The number of carbonyl (C=O) groups is 1. The molecule has 0 saturated carbocycles. The van der Waals surface area contributed by atoms with Gasteiger partial charge in [0.1, 0.15) is 5.82 Å². The van der Waals surface area contributed by atoms with Crippen molar-refractivity contribution in [2.75, 3.05) is 18.8 Å². The molecule has 1 atom stereocenters. The Bertz CT molecular complexity index is 410. The number of hydrogen-bond donors (Lipinski definition) is 1. The zero-order valence-corrected chi connectivity index (χ0v) is 10.8. The van der Waals surface area contributed by atoms with E-state index in [4.69, 9.17) is 0 Å². The Kier molecular flexibility index (Phi) is 4.60. The van der Waals surface area contributed by atoms with Gasteiger partial charge in [-0.15, -0.1) is 11.8 Å². The van der Waals surface area contributed by atoms with Gasteiger partial charge in [-0.2, -0.15) is 0 Å². The number of hydrogen-bond acceptors (Lipinski definition) is 3. The summed E-state index contributed by atoms with van der Waals surface area (Å²) in [4.78, 5) is 14.4. The van der Waals surface area contributed by atoms with Gasteiger partial charge in [0.2, 0.25) is 5.91 Å². The molecule has 1 N–H and O–H groups in total. The number of benzene rings is 1. The molecule has 5 heteroatoms. The molecule has 1 saturated heterocycles. The van der Waals surface area contributed by atoms with Crippen LogP contribution in [0.5, 0.6) is 0 Å². The number of nitrogens with zero attached hydrogens (tertiary/aromatic N) is 1. The van der Waals surface area contributed by atoms with E-state index in [1.54, 1.807) is 28.8 Å². The van der Waals surface area contributed by atoms with Gasteiger partial charge in [0.25, 0.3) is 0 Å². The van der Waals surface area contributed by atoms with Gasteiger partial charge in [0.05, 0.1) is 6.10 Å². The van der Waals surface area contributed by atoms with E-state index in [1.165, 1.54) is 12.1 Å². The minimum atomic E-state index is -0.362. The van der Waals surface area contributed by atoms with Gasteiger partial charge < -0.3 is 10.0 Å². The molecule has 0 unspecified atom stereocenters. The van der Waals surface area contributed by atoms with Crippen LogP contribution in [-0.4, -0.2) is 40.9 Å². The molecule has 1 amide bonds. The Labute approximate surface area is 110 Å². The molecule has 18 heavy (non-hydrogen) atoms. The number of amides is 1. The van der Waals surface area contributed by atoms with Gasteiger partial charge in [-0.25, -0.2) is 4.39 Å². The van der Waals surface area contributed by atoms with Crippen LogP contribution in [0.2, 0.25) is 0 Å². The monoisotopic (exact) mass is 269 g/mol. The lowest BCUT2D eigenvalue weighted by Crippen LogP contribution is -2.29. The summed E-state index contributed by atoms with van der Waals surface area (Å²) < 4.78 is 12.7. The molecule has 0 spiro atoms. The van der Waals surface area contributed by atoms with Crippen molar-refractivity contribution in [3.05, 3.63) is 30.1 Å². The van der Waals surface area contributed by atoms with Gasteiger partial charge in [0, 0.05) is 30.2 Å². The summed E-state index contributed by atoms with van der Waals surface area (Å²) in [7, 11) is 0. The van der Waals surface area contributed by atoms with Crippen molar-refractivity contribution in [1.29, 1.82) is 0 Å². The van der Waals surface area contributed by atoms with Gasteiger partial charge in [0.15, 0.2) is 0 Å². The predicted octanol–water partition coefficient (Wildman–Crippen LogP) is 1.90. The smallest absolute Gasteiger partial charge is 0.223 e. The van der Waals surface area contributed by atoms with Crippen LogP contribution < -0.4 is 0 Å². The summed E-state index contributed by atoms with van der Waals surface area (Å²) in [5.41, 5.74) is 0. The van der Waals surface area contributed by atoms with E-state index in [9.17, 15) is 14.3 Å². The van der Waals surface area contributed by atoms with Crippen molar-refractivity contribution in [2.24, 2.45) is 0 Å². The van der Waals surface area contributed by atoms with Crippen molar-refractivity contribution in [1.82, 2.24) is 4.90 Å². The maximum absolute atomic E-state index is 12.7. The molecular formula is C13H16FNO2S. The van der Waals surface area contributed by atoms with E-state index in [1.807, 2.05) is 0 Å². The van der Waals surface area contributed by atoms with Crippen LogP contribution in [0.3, 0.4) is 0 Å². The molecule has 0 aromatic heterocycles. The first-order valence-corrected chi connectivity index (χ1v) is 6.98. The third-order valence-electron chi connectivity index (χ3n) is 2.91. The van der Waals surface area contributed by atoms with Crippen LogP contribution in [0.4, 0.5) is 4.39 Å². The topological polar surface area (TPSA) is 40.5 Å². The Balaban J connectivity index is 1.72. The van der Waals surface area contributed by atoms with E-state index in [2.05, 4.69) is 0 Å². The lowest BCUT2D eigenvalue weighted by atomic mass is 10.3. The highest BCUT2D eigenvalue weighted by molar-refractivity contribution is 7.99. The molecule has 1 aliphatic heterocycles. The second-order valence-corrected chi connectivity index (χ2v) is 5.50. The first-order valence-electron chi connectivity index (χ1n) is 5.99. The maximum Gasteiger partial charge on any atom is 0.223 e. The lowest BCUT2D eigenvalue weighted by molar-refractivity contribution is -0.130. The molecule has 98 valence electrons. The number of carbonyl (C=O) groups excluding carboxylic acids is 1. The van der Waals surface area contributed by atoms with E-state index < -0.39 is 0 Å². The molecule has 0 aliphatic carbocycles. The maximum atomic E-state index is 12.7. The predicted molar refractivity (Wildman–Crippen MR) is 68.9 cm³/mol. The van der Waals surface area contributed by atoms with E-state index >= 15 is 0 Å². The Hall–Kier alpha value is -1.07. The summed E-state index contributed by atoms with van der Waals surface area (Å²) in [6.07, 6.45) is 0.768. The fourth-order valence-electron chi connectivity index (χ4n) is 1.91. The number of halogens is 1. The summed E-state index contributed by atoms with van der Waals surface area (Å²) in [5.74, 6) is 0.513. The van der Waals surface area contributed by atoms with Crippen LogP contribution in [0.1, 0.15) is 12.8 Å². The molecule has 1 heterocycles. The SMILES string of the molecule is O=C(CCSc1ccc(F)cc1)N1CC[C@H](O)C1. The zero-order valence-electron chi connectivity index (χ0n) is 10.0. The lowest BCUT2D eigenvalue weighted by Gasteiger charge is -2.15. The van der Waals surface area contributed by atoms with E-state index in [0.29, 0.717) is 31.7 Å². The molecule has 0 radical (unpaired) electrons. The standard InChI is InChI=1S/C13H16FNO2S/c14-10-1-3-12(4-2-10)18-8-6-13(17)15-7-5-11(16)9-15/h1-4,11,16H,5-9H2/t11-/m0/s1. The van der Waals surface area contributed by atoms with Crippen molar-refractivity contribution in [3.63, 3.8) is 0 Å².